The van der Waals surface area contributed by atoms with Gasteiger partial charge in [0.05, 0.1) is 9.95 Å². The van der Waals surface area contributed by atoms with Gasteiger partial charge in [-0.1, -0.05) is 17.7 Å². The van der Waals surface area contributed by atoms with Crippen LogP contribution in [0.3, 0.4) is 0 Å². The summed E-state index contributed by atoms with van der Waals surface area (Å²) in [6.07, 6.45) is 5.74. The summed E-state index contributed by atoms with van der Waals surface area (Å²) >= 11 is 6.22. The van der Waals surface area contributed by atoms with Gasteiger partial charge in [-0.3, -0.25) is 10.1 Å². The monoisotopic (exact) mass is 266 g/mol. The number of benzene rings is 1. The first-order valence-electron chi connectivity index (χ1n) is 6.39. The maximum absolute atomic E-state index is 11.2. The van der Waals surface area contributed by atoms with Gasteiger partial charge in [0.15, 0.2) is 0 Å². The van der Waals surface area contributed by atoms with Crippen molar-refractivity contribution in [1.82, 2.24) is 0 Å². The second-order valence-electron chi connectivity index (χ2n) is 5.09. The molecule has 2 aliphatic rings. The first-order valence-corrected chi connectivity index (χ1v) is 6.77. The highest BCUT2D eigenvalue weighted by atomic mass is 35.5. The molecule has 1 aromatic carbocycles. The fraction of sp³-hybridized carbons (Fsp3) is 0.538. The van der Waals surface area contributed by atoms with Crippen LogP contribution in [0.2, 0.25) is 5.02 Å². The van der Waals surface area contributed by atoms with Crippen molar-refractivity contribution < 1.29 is 4.92 Å². The van der Waals surface area contributed by atoms with Crippen LogP contribution in [-0.4, -0.2) is 17.0 Å². The molecule has 18 heavy (non-hydrogen) atoms. The fourth-order valence-corrected chi connectivity index (χ4v) is 3.66. The van der Waals surface area contributed by atoms with E-state index >= 15 is 0 Å². The highest BCUT2D eigenvalue weighted by Crippen LogP contribution is 2.45. The zero-order valence-corrected chi connectivity index (χ0v) is 10.8. The van der Waals surface area contributed by atoms with Crippen molar-refractivity contribution in [3.8, 4) is 0 Å². The highest BCUT2D eigenvalue weighted by molar-refractivity contribution is 6.33. The molecule has 0 amide bonds. The van der Waals surface area contributed by atoms with Crippen LogP contribution in [0.1, 0.15) is 32.1 Å². The van der Waals surface area contributed by atoms with E-state index in [4.69, 9.17) is 11.6 Å². The summed E-state index contributed by atoms with van der Waals surface area (Å²) in [6, 6.07) is 5.81. The lowest BCUT2D eigenvalue weighted by Gasteiger charge is -2.36. The second kappa shape index (κ2) is 4.43. The van der Waals surface area contributed by atoms with Crippen LogP contribution in [0, 0.1) is 10.1 Å². The molecule has 0 N–H and O–H groups in total. The number of hydrogen-bond donors (Lipinski definition) is 0. The van der Waals surface area contributed by atoms with Crippen molar-refractivity contribution in [3.05, 3.63) is 33.3 Å². The molecule has 2 bridgehead atoms. The summed E-state index contributed by atoms with van der Waals surface area (Å²) in [5.74, 6) is 0. The molecule has 0 radical (unpaired) electrons. The Balaban J connectivity index is 2.09. The average molecular weight is 267 g/mol. The summed E-state index contributed by atoms with van der Waals surface area (Å²) in [5.41, 5.74) is 0.776. The van der Waals surface area contributed by atoms with Gasteiger partial charge < -0.3 is 4.90 Å². The molecule has 2 heterocycles. The van der Waals surface area contributed by atoms with E-state index in [0.29, 0.717) is 22.8 Å². The van der Waals surface area contributed by atoms with Crippen molar-refractivity contribution in [2.75, 3.05) is 4.90 Å². The Labute approximate surface area is 111 Å². The minimum atomic E-state index is -0.324. The van der Waals surface area contributed by atoms with Crippen molar-refractivity contribution in [1.29, 1.82) is 0 Å². The number of para-hydroxylation sites is 1. The maximum atomic E-state index is 11.2. The molecule has 96 valence electrons. The van der Waals surface area contributed by atoms with Crippen molar-refractivity contribution in [3.63, 3.8) is 0 Å². The van der Waals surface area contributed by atoms with Crippen LogP contribution >= 0.6 is 11.6 Å². The number of nitrogens with zero attached hydrogens (tertiary/aromatic N) is 2. The first-order chi connectivity index (χ1) is 8.68. The molecule has 4 nitrogen and oxygen atoms in total. The Kier molecular flexibility index (Phi) is 2.90. The van der Waals surface area contributed by atoms with E-state index in [9.17, 15) is 10.1 Å². The minimum Gasteiger partial charge on any atom is -0.359 e. The maximum Gasteiger partial charge on any atom is 0.294 e. The Hall–Kier alpha value is -1.29. The summed E-state index contributed by atoms with van der Waals surface area (Å²) in [6.45, 7) is 0. The molecule has 2 saturated heterocycles. The number of anilines is 1. The van der Waals surface area contributed by atoms with Gasteiger partial charge in [0.2, 0.25) is 0 Å². The minimum absolute atomic E-state index is 0.140. The van der Waals surface area contributed by atoms with E-state index in [1.165, 1.54) is 6.42 Å². The van der Waals surface area contributed by atoms with Gasteiger partial charge in [-0.2, -0.15) is 0 Å². The van der Waals surface area contributed by atoms with Gasteiger partial charge in [0.1, 0.15) is 5.69 Å². The van der Waals surface area contributed by atoms with Crippen molar-refractivity contribution >= 4 is 23.0 Å². The van der Waals surface area contributed by atoms with Crippen LogP contribution in [-0.2, 0) is 0 Å². The Morgan fingerprint density at radius 1 is 1.22 bits per heavy atom. The molecule has 0 saturated carbocycles. The lowest BCUT2D eigenvalue weighted by atomic mass is 10.0. The highest BCUT2D eigenvalue weighted by Gasteiger charge is 2.40. The number of piperidine rings is 1. The smallest absolute Gasteiger partial charge is 0.294 e. The Morgan fingerprint density at radius 3 is 2.50 bits per heavy atom. The standard InChI is InChI=1S/C13H15ClN2O2/c14-11-5-2-6-12(16(17)18)13(11)15-9-3-1-4-10(15)8-7-9/h2,5-6,9-10H,1,3-4,7-8H2. The molecular formula is C13H15ClN2O2. The quantitative estimate of drug-likeness (QED) is 0.605. The van der Waals surface area contributed by atoms with E-state index in [-0.39, 0.29) is 10.6 Å². The molecule has 0 spiro atoms. The number of fused-ring (bicyclic) bond motifs is 2. The van der Waals surface area contributed by atoms with Crippen LogP contribution < -0.4 is 4.90 Å². The average Bonchev–Trinajstić information content (AvgIpc) is 2.59. The van der Waals surface area contributed by atoms with E-state index in [0.717, 1.165) is 25.7 Å². The molecule has 3 rings (SSSR count). The molecule has 2 aliphatic heterocycles. The van der Waals surface area contributed by atoms with Crippen LogP contribution in [0.15, 0.2) is 18.2 Å². The number of halogens is 1. The summed E-state index contributed by atoms with van der Waals surface area (Å²) < 4.78 is 0. The number of nitro benzene ring substituents is 1. The molecule has 0 aromatic heterocycles. The number of hydrogen-bond acceptors (Lipinski definition) is 3. The second-order valence-corrected chi connectivity index (χ2v) is 5.50. The van der Waals surface area contributed by atoms with Crippen LogP contribution in [0.5, 0.6) is 0 Å². The lowest BCUT2D eigenvalue weighted by molar-refractivity contribution is -0.384. The topological polar surface area (TPSA) is 46.4 Å². The predicted octanol–water partition coefficient (Wildman–Crippen LogP) is 3.77. The van der Waals surface area contributed by atoms with Crippen molar-refractivity contribution in [2.45, 2.75) is 44.2 Å². The molecule has 2 fully saturated rings. The normalized spacial score (nSPS) is 26.4. The zero-order valence-electron chi connectivity index (χ0n) is 10.0. The van der Waals surface area contributed by atoms with Gasteiger partial charge in [-0.25, -0.2) is 0 Å². The molecule has 2 atom stereocenters. The number of rotatable bonds is 2. The van der Waals surface area contributed by atoms with E-state index in [1.807, 2.05) is 0 Å². The van der Waals surface area contributed by atoms with E-state index in [1.54, 1.807) is 18.2 Å². The zero-order chi connectivity index (χ0) is 12.7. The van der Waals surface area contributed by atoms with E-state index < -0.39 is 0 Å². The Morgan fingerprint density at radius 2 is 1.89 bits per heavy atom. The van der Waals surface area contributed by atoms with Gasteiger partial charge >= 0.3 is 0 Å². The summed E-state index contributed by atoms with van der Waals surface area (Å²) in [5, 5.41) is 11.7. The summed E-state index contributed by atoms with van der Waals surface area (Å²) in [4.78, 5) is 13.1. The number of nitro groups is 1. The predicted molar refractivity (Wildman–Crippen MR) is 71.2 cm³/mol. The third-order valence-electron chi connectivity index (χ3n) is 4.11. The molecular weight excluding hydrogens is 252 g/mol. The third kappa shape index (κ3) is 1.75. The molecule has 0 aliphatic carbocycles. The van der Waals surface area contributed by atoms with Gasteiger partial charge in [-0.15, -0.1) is 0 Å². The summed E-state index contributed by atoms with van der Waals surface area (Å²) in [7, 11) is 0. The third-order valence-corrected chi connectivity index (χ3v) is 4.42. The van der Waals surface area contributed by atoms with Gasteiger partial charge in [-0.05, 0) is 38.2 Å². The van der Waals surface area contributed by atoms with Crippen LogP contribution in [0.25, 0.3) is 0 Å². The first kappa shape index (κ1) is 11.8. The molecule has 2 unspecified atom stereocenters. The van der Waals surface area contributed by atoms with Crippen molar-refractivity contribution in [2.24, 2.45) is 0 Å². The SMILES string of the molecule is O=[N+]([O-])c1cccc(Cl)c1N1C2CCCC1CC2. The fourth-order valence-electron chi connectivity index (χ4n) is 3.39. The lowest BCUT2D eigenvalue weighted by Crippen LogP contribution is -2.40. The van der Waals surface area contributed by atoms with E-state index in [2.05, 4.69) is 4.90 Å². The van der Waals surface area contributed by atoms with Gasteiger partial charge in [0.25, 0.3) is 5.69 Å². The van der Waals surface area contributed by atoms with Crippen LogP contribution in [0.4, 0.5) is 11.4 Å². The van der Waals surface area contributed by atoms with Gasteiger partial charge in [0, 0.05) is 18.2 Å². The molecule has 1 aromatic rings. The molecule has 5 heteroatoms. The Bertz CT molecular complexity index is 476. The largest absolute Gasteiger partial charge is 0.359 e.